The third kappa shape index (κ3) is 5.93. The number of nitrogens with zero attached hydrogens (tertiary/aromatic N) is 3. The Bertz CT molecular complexity index is 1480. The van der Waals surface area contributed by atoms with Crippen molar-refractivity contribution in [2.75, 3.05) is 25.2 Å². The molecule has 38 heavy (non-hydrogen) atoms. The molecule has 1 aliphatic rings. The number of fused-ring (bicyclic) bond motifs is 1. The van der Waals surface area contributed by atoms with Crippen molar-refractivity contribution in [1.82, 2.24) is 14.5 Å². The molecular weight excluding hydrogens is 519 g/mol. The van der Waals surface area contributed by atoms with Gasteiger partial charge in [-0.1, -0.05) is 25.1 Å². The number of hydrogen-bond donors (Lipinski definition) is 0. The molecule has 0 amide bonds. The van der Waals surface area contributed by atoms with Crippen LogP contribution in [0.2, 0.25) is 0 Å². The maximum atomic E-state index is 14.8. The van der Waals surface area contributed by atoms with Gasteiger partial charge in [-0.2, -0.15) is 0 Å². The molecule has 1 aromatic carbocycles. The molecule has 1 fully saturated rings. The molecule has 1 aliphatic heterocycles. The van der Waals surface area contributed by atoms with Crippen LogP contribution < -0.4 is 5.56 Å². The average molecular weight is 552 g/mol. The Hall–Kier alpha value is -2.79. The summed E-state index contributed by atoms with van der Waals surface area (Å²) in [6, 6.07) is 5.72. The van der Waals surface area contributed by atoms with Crippen LogP contribution >= 0.6 is 0 Å². The third-order valence-electron chi connectivity index (χ3n) is 7.56. The van der Waals surface area contributed by atoms with E-state index in [1.165, 1.54) is 23.0 Å². The number of rotatable bonds is 10. The van der Waals surface area contributed by atoms with Crippen LogP contribution in [0.5, 0.6) is 0 Å². The summed E-state index contributed by atoms with van der Waals surface area (Å²) in [4.78, 5) is 21.8. The highest BCUT2D eigenvalue weighted by Crippen LogP contribution is 2.33. The van der Waals surface area contributed by atoms with E-state index in [1.54, 1.807) is 27.1 Å². The maximum absolute atomic E-state index is 14.8. The molecule has 1 saturated heterocycles. The highest BCUT2D eigenvalue weighted by molar-refractivity contribution is 7.91. The van der Waals surface area contributed by atoms with E-state index in [2.05, 4.69) is 9.97 Å². The van der Waals surface area contributed by atoms with Gasteiger partial charge >= 0.3 is 0 Å². The van der Waals surface area contributed by atoms with Crippen LogP contribution in [0.15, 0.2) is 35.4 Å². The number of ether oxygens (including phenoxy) is 1. The van der Waals surface area contributed by atoms with Crippen molar-refractivity contribution in [2.45, 2.75) is 45.0 Å². The second kappa shape index (κ2) is 11.5. The fourth-order valence-electron chi connectivity index (χ4n) is 5.48. The van der Waals surface area contributed by atoms with Crippen LogP contribution in [-0.4, -0.2) is 48.2 Å². The summed E-state index contributed by atoms with van der Waals surface area (Å²) in [5, 5.41) is 0.622. The molecule has 3 heterocycles. The fraction of sp³-hybridized carbons (Fsp3) is 0.519. The Morgan fingerprint density at radius 1 is 1.13 bits per heavy atom. The number of methoxy groups -OCH3 is 1. The first kappa shape index (κ1) is 28.2. The minimum absolute atomic E-state index is 0.0112. The summed E-state index contributed by atoms with van der Waals surface area (Å²) < 4.78 is 72.3. The molecular formula is C27H32F3N3O4S. The summed E-state index contributed by atoms with van der Waals surface area (Å²) in [7, 11) is 0.0701. The molecule has 0 spiro atoms. The number of pyridine rings is 1. The second-order valence-electron chi connectivity index (χ2n) is 10.2. The van der Waals surface area contributed by atoms with Crippen LogP contribution in [-0.2, 0) is 34.5 Å². The van der Waals surface area contributed by atoms with Gasteiger partial charge in [0.25, 0.3) is 12.0 Å². The fourth-order valence-corrected chi connectivity index (χ4v) is 7.80. The summed E-state index contributed by atoms with van der Waals surface area (Å²) in [6.07, 6.45) is 0.248. The van der Waals surface area contributed by atoms with Gasteiger partial charge in [0.2, 0.25) is 0 Å². The predicted molar refractivity (Wildman–Crippen MR) is 139 cm³/mol. The third-order valence-corrected chi connectivity index (χ3v) is 9.44. The van der Waals surface area contributed by atoms with Crippen molar-refractivity contribution in [2.24, 2.45) is 18.9 Å². The predicted octanol–water partition coefficient (Wildman–Crippen LogP) is 4.38. The number of benzene rings is 1. The van der Waals surface area contributed by atoms with Crippen LogP contribution in [0, 0.1) is 17.7 Å². The quantitative estimate of drug-likeness (QED) is 0.372. The van der Waals surface area contributed by atoms with Crippen molar-refractivity contribution in [1.29, 1.82) is 0 Å². The van der Waals surface area contributed by atoms with Crippen LogP contribution in [0.3, 0.4) is 0 Å². The van der Waals surface area contributed by atoms with E-state index in [4.69, 9.17) is 4.74 Å². The Labute approximate surface area is 220 Å². The van der Waals surface area contributed by atoms with Crippen molar-refractivity contribution in [3.05, 3.63) is 69.1 Å². The van der Waals surface area contributed by atoms with Gasteiger partial charge in [0.1, 0.15) is 17.8 Å². The molecule has 3 aromatic rings. The summed E-state index contributed by atoms with van der Waals surface area (Å²) in [5.74, 6) is -1.22. The molecule has 11 heteroatoms. The first-order valence-electron chi connectivity index (χ1n) is 12.6. The summed E-state index contributed by atoms with van der Waals surface area (Å²) >= 11 is 0. The molecule has 0 N–H and O–H groups in total. The van der Waals surface area contributed by atoms with Gasteiger partial charge in [-0.05, 0) is 55.1 Å². The van der Waals surface area contributed by atoms with E-state index >= 15 is 0 Å². The van der Waals surface area contributed by atoms with E-state index in [1.807, 2.05) is 0 Å². The second-order valence-corrected chi connectivity index (χ2v) is 12.3. The first-order chi connectivity index (χ1) is 18.0. The maximum Gasteiger partial charge on any atom is 0.266 e. The van der Waals surface area contributed by atoms with Gasteiger partial charge in [-0.15, -0.1) is 0 Å². The lowest BCUT2D eigenvalue weighted by molar-refractivity contribution is 0.146. The largest absolute Gasteiger partial charge is 0.385 e. The van der Waals surface area contributed by atoms with Gasteiger partial charge in [-0.3, -0.25) is 9.36 Å². The zero-order chi connectivity index (χ0) is 27.6. The highest BCUT2D eigenvalue weighted by atomic mass is 32.2. The molecule has 206 valence electrons. The SMILES string of the molecule is COCC[C@H]1CS(=O)(=O)C[C@H]1CCc1cc2c(C[C@H](C)c3cccc(C(F)F)c3F)ncnc2n(C)c1=O. The lowest BCUT2D eigenvalue weighted by atomic mass is 9.88. The van der Waals surface area contributed by atoms with Crippen LogP contribution in [0.25, 0.3) is 11.0 Å². The monoisotopic (exact) mass is 551 g/mol. The average Bonchev–Trinajstić information content (AvgIpc) is 3.17. The standard InChI is InChI=1S/C27H32F3N3O4S/c1-16(20-5-4-6-21(24(20)28)25(29)30)11-23-22-12-17(27(34)33(2)26(22)32-15-31-23)7-8-18-13-38(35,36)14-19(18)9-10-37-3/h4-6,12,15-16,18-19,25H,7-11,13-14H2,1-3H3/t16-,18+,19-/m0/s1. The number of halogens is 3. The van der Waals surface area contributed by atoms with E-state index in [0.717, 1.165) is 6.07 Å². The summed E-state index contributed by atoms with van der Waals surface area (Å²) in [6.45, 7) is 2.22. The van der Waals surface area contributed by atoms with Gasteiger partial charge in [0, 0.05) is 31.7 Å². The molecule has 7 nitrogen and oxygen atoms in total. The molecule has 0 aliphatic carbocycles. The minimum Gasteiger partial charge on any atom is -0.385 e. The van der Waals surface area contributed by atoms with Crippen molar-refractivity contribution >= 4 is 20.9 Å². The zero-order valence-corrected chi connectivity index (χ0v) is 22.5. The summed E-state index contributed by atoms with van der Waals surface area (Å²) in [5.41, 5.74) is 0.819. The van der Waals surface area contributed by atoms with Gasteiger partial charge in [-0.25, -0.2) is 31.6 Å². The molecule has 0 saturated carbocycles. The Kier molecular flexibility index (Phi) is 8.56. The Morgan fingerprint density at radius 3 is 2.50 bits per heavy atom. The zero-order valence-electron chi connectivity index (χ0n) is 21.7. The normalized spacial score (nSPS) is 19.9. The highest BCUT2D eigenvalue weighted by Gasteiger charge is 2.37. The van der Waals surface area contributed by atoms with Crippen LogP contribution in [0.4, 0.5) is 13.2 Å². The van der Waals surface area contributed by atoms with E-state index in [0.29, 0.717) is 48.2 Å². The number of aryl methyl sites for hydroxylation is 2. The minimum atomic E-state index is -3.13. The lowest BCUT2D eigenvalue weighted by Gasteiger charge is -2.18. The first-order valence-corrected chi connectivity index (χ1v) is 14.4. The number of sulfone groups is 1. The lowest BCUT2D eigenvalue weighted by Crippen LogP contribution is -2.24. The van der Waals surface area contributed by atoms with Gasteiger partial charge in [0.15, 0.2) is 9.84 Å². The van der Waals surface area contributed by atoms with E-state index in [9.17, 15) is 26.4 Å². The number of hydrogen-bond acceptors (Lipinski definition) is 6. The Morgan fingerprint density at radius 2 is 1.82 bits per heavy atom. The van der Waals surface area contributed by atoms with Gasteiger partial charge < -0.3 is 4.74 Å². The van der Waals surface area contributed by atoms with E-state index in [-0.39, 0.29) is 40.9 Å². The van der Waals surface area contributed by atoms with Crippen molar-refractivity contribution < 1.29 is 26.3 Å². The Balaban J connectivity index is 1.62. The molecule has 0 unspecified atom stereocenters. The number of aromatic nitrogens is 3. The topological polar surface area (TPSA) is 91.2 Å². The number of alkyl halides is 2. The van der Waals surface area contributed by atoms with Crippen molar-refractivity contribution in [3.63, 3.8) is 0 Å². The van der Waals surface area contributed by atoms with Crippen LogP contribution in [0.1, 0.15) is 54.5 Å². The molecule has 4 rings (SSSR count). The molecule has 0 bridgehead atoms. The smallest absolute Gasteiger partial charge is 0.266 e. The van der Waals surface area contributed by atoms with Gasteiger partial charge in [0.05, 0.1) is 22.8 Å². The molecule has 2 aromatic heterocycles. The van der Waals surface area contributed by atoms with Crippen molar-refractivity contribution in [3.8, 4) is 0 Å². The van der Waals surface area contributed by atoms with E-state index < -0.39 is 33.6 Å². The molecule has 3 atom stereocenters. The molecule has 0 radical (unpaired) electrons.